The second-order valence-electron chi connectivity index (χ2n) is 9.67. The zero-order valence-electron chi connectivity index (χ0n) is 20.5. The molecular weight excluding hydrogens is 460 g/mol. The van der Waals surface area contributed by atoms with Crippen LogP contribution in [0, 0.1) is 0 Å². The Balaban J connectivity index is 1.37. The fraction of sp³-hybridized carbons (Fsp3) is 0.444. The number of aryl methyl sites for hydroxylation is 3. The van der Waals surface area contributed by atoms with Crippen LogP contribution in [0.1, 0.15) is 34.8 Å². The molecule has 7 nitrogen and oxygen atoms in total. The van der Waals surface area contributed by atoms with Gasteiger partial charge in [0.1, 0.15) is 6.04 Å². The van der Waals surface area contributed by atoms with Crippen LogP contribution in [-0.4, -0.2) is 81.5 Å². The lowest BCUT2D eigenvalue weighted by molar-refractivity contribution is -0.137. The Labute approximate surface area is 212 Å². The number of carbonyl (C=O) groups excluding carboxylic acids is 1. The van der Waals surface area contributed by atoms with E-state index in [4.69, 9.17) is 16.6 Å². The van der Waals surface area contributed by atoms with E-state index in [1.807, 2.05) is 53.4 Å². The van der Waals surface area contributed by atoms with Crippen molar-refractivity contribution in [3.05, 3.63) is 82.7 Å². The molecule has 1 fully saturated rings. The van der Waals surface area contributed by atoms with Crippen LogP contribution in [0.3, 0.4) is 0 Å². The van der Waals surface area contributed by atoms with Crippen molar-refractivity contribution in [1.82, 2.24) is 29.2 Å². The van der Waals surface area contributed by atoms with Gasteiger partial charge in [-0.25, -0.2) is 4.98 Å². The summed E-state index contributed by atoms with van der Waals surface area (Å²) >= 11 is 6.83. The van der Waals surface area contributed by atoms with E-state index in [0.717, 1.165) is 55.2 Å². The van der Waals surface area contributed by atoms with Crippen LogP contribution in [0.5, 0.6) is 0 Å². The van der Waals surface area contributed by atoms with Crippen LogP contribution < -0.4 is 0 Å². The summed E-state index contributed by atoms with van der Waals surface area (Å²) in [6.07, 6.45) is 10.2. The molecule has 1 aliphatic carbocycles. The molecule has 1 aliphatic heterocycles. The van der Waals surface area contributed by atoms with Crippen molar-refractivity contribution in [2.24, 2.45) is 0 Å². The van der Waals surface area contributed by atoms with E-state index in [9.17, 15) is 4.79 Å². The fourth-order valence-corrected chi connectivity index (χ4v) is 5.74. The normalized spacial score (nSPS) is 20.7. The summed E-state index contributed by atoms with van der Waals surface area (Å²) < 4.78 is 2.05. The number of aromatic nitrogens is 3. The topological polar surface area (TPSA) is 57.5 Å². The minimum atomic E-state index is -0.205. The molecule has 1 aromatic carbocycles. The summed E-state index contributed by atoms with van der Waals surface area (Å²) in [6.45, 7) is 3.88. The first-order valence-corrected chi connectivity index (χ1v) is 12.8. The summed E-state index contributed by atoms with van der Waals surface area (Å²) in [5.74, 6) is 0.164. The highest BCUT2D eigenvalue weighted by molar-refractivity contribution is 6.31. The molecule has 3 heterocycles. The quantitative estimate of drug-likeness (QED) is 0.528. The first-order chi connectivity index (χ1) is 17.0. The van der Waals surface area contributed by atoms with Gasteiger partial charge in [-0.15, -0.1) is 0 Å². The summed E-state index contributed by atoms with van der Waals surface area (Å²) in [4.78, 5) is 29.0. The van der Waals surface area contributed by atoms with E-state index in [-0.39, 0.29) is 18.0 Å². The van der Waals surface area contributed by atoms with Gasteiger partial charge in [0.15, 0.2) is 0 Å². The highest BCUT2D eigenvalue weighted by Gasteiger charge is 2.38. The number of imidazole rings is 1. The van der Waals surface area contributed by atoms with Gasteiger partial charge in [-0.3, -0.25) is 19.6 Å². The number of hydrogen-bond acceptors (Lipinski definition) is 5. The maximum Gasteiger partial charge on any atom is 0.240 e. The Morgan fingerprint density at radius 1 is 1.14 bits per heavy atom. The molecule has 184 valence electrons. The maximum atomic E-state index is 13.6. The molecule has 35 heavy (non-hydrogen) atoms. The van der Waals surface area contributed by atoms with Crippen molar-refractivity contribution >= 4 is 17.5 Å². The second kappa shape index (κ2) is 10.5. The fourth-order valence-electron chi connectivity index (χ4n) is 5.45. The lowest BCUT2D eigenvalue weighted by Gasteiger charge is -2.43. The minimum Gasteiger partial charge on any atom is -0.344 e. The van der Waals surface area contributed by atoms with Crippen molar-refractivity contribution in [1.29, 1.82) is 0 Å². The summed E-state index contributed by atoms with van der Waals surface area (Å²) in [7, 11) is 3.97. The van der Waals surface area contributed by atoms with Crippen molar-refractivity contribution in [2.45, 2.75) is 37.9 Å². The first-order valence-electron chi connectivity index (χ1n) is 12.4. The zero-order valence-corrected chi connectivity index (χ0v) is 21.2. The average Bonchev–Trinajstić information content (AvgIpc) is 3.32. The smallest absolute Gasteiger partial charge is 0.240 e. The molecule has 2 aromatic heterocycles. The monoisotopic (exact) mass is 492 g/mol. The number of benzene rings is 1. The molecule has 1 amide bonds. The third-order valence-corrected chi connectivity index (χ3v) is 7.77. The van der Waals surface area contributed by atoms with Crippen molar-refractivity contribution in [2.75, 3.05) is 40.3 Å². The van der Waals surface area contributed by atoms with E-state index in [0.29, 0.717) is 13.1 Å². The molecule has 0 spiro atoms. The van der Waals surface area contributed by atoms with E-state index in [1.165, 1.54) is 11.1 Å². The van der Waals surface area contributed by atoms with Crippen LogP contribution in [0.4, 0.5) is 0 Å². The van der Waals surface area contributed by atoms with Crippen molar-refractivity contribution < 1.29 is 4.79 Å². The van der Waals surface area contributed by atoms with Crippen LogP contribution in [0.2, 0.25) is 5.02 Å². The zero-order chi connectivity index (χ0) is 24.4. The lowest BCUT2D eigenvalue weighted by atomic mass is 9.95. The lowest BCUT2D eigenvalue weighted by Crippen LogP contribution is -2.58. The number of amides is 1. The molecule has 0 radical (unpaired) electrons. The van der Waals surface area contributed by atoms with Gasteiger partial charge in [0.2, 0.25) is 5.91 Å². The maximum absolute atomic E-state index is 13.6. The van der Waals surface area contributed by atoms with Crippen LogP contribution >= 0.6 is 11.6 Å². The van der Waals surface area contributed by atoms with Gasteiger partial charge in [0.05, 0.1) is 18.1 Å². The summed E-state index contributed by atoms with van der Waals surface area (Å²) in [6, 6.07) is 10.2. The number of rotatable bonds is 6. The molecule has 2 atom stereocenters. The van der Waals surface area contributed by atoms with E-state index < -0.39 is 0 Å². The highest BCUT2D eigenvalue weighted by atomic mass is 35.5. The number of nitrogens with zero attached hydrogens (tertiary/aromatic N) is 6. The van der Waals surface area contributed by atoms with Crippen LogP contribution in [-0.2, 0) is 24.2 Å². The largest absolute Gasteiger partial charge is 0.344 e. The Bertz CT molecular complexity index is 1170. The predicted molar refractivity (Wildman–Crippen MR) is 137 cm³/mol. The molecule has 0 bridgehead atoms. The number of fused-ring (bicyclic) bond motifs is 2. The third kappa shape index (κ3) is 4.99. The Morgan fingerprint density at radius 2 is 1.97 bits per heavy atom. The Hall–Kier alpha value is -2.74. The van der Waals surface area contributed by atoms with E-state index in [1.54, 1.807) is 6.20 Å². The Kier molecular flexibility index (Phi) is 7.18. The minimum absolute atomic E-state index is 0.0482. The molecule has 0 saturated carbocycles. The van der Waals surface area contributed by atoms with Gasteiger partial charge >= 0.3 is 0 Å². The van der Waals surface area contributed by atoms with Crippen molar-refractivity contribution in [3.63, 3.8) is 0 Å². The van der Waals surface area contributed by atoms with Gasteiger partial charge in [-0.05, 0) is 55.1 Å². The van der Waals surface area contributed by atoms with Crippen molar-refractivity contribution in [3.8, 4) is 0 Å². The summed E-state index contributed by atoms with van der Waals surface area (Å²) in [5, 5.41) is 0.782. The summed E-state index contributed by atoms with van der Waals surface area (Å²) in [5.41, 5.74) is 4.77. The first kappa shape index (κ1) is 24.0. The molecule has 3 aromatic rings. The third-order valence-electron chi connectivity index (χ3n) is 7.44. The van der Waals surface area contributed by atoms with E-state index in [2.05, 4.69) is 34.0 Å². The number of piperazine rings is 1. The molecule has 1 saturated heterocycles. The van der Waals surface area contributed by atoms with Crippen LogP contribution in [0.15, 0.2) is 55.2 Å². The molecule has 5 rings (SSSR count). The second-order valence-corrected chi connectivity index (χ2v) is 10.1. The molecule has 1 unspecified atom stereocenters. The number of carbonyl (C=O) groups is 1. The van der Waals surface area contributed by atoms with Crippen LogP contribution in [0.25, 0.3) is 0 Å². The SMILES string of the molecule is CN(CCCn1ccnc1)C(=O)[C@H]1CN(C2c3ncccc3CCc3cccc(Cl)c32)CCN1C. The number of hydrogen-bond donors (Lipinski definition) is 0. The molecular formula is C27H33ClN6O. The average molecular weight is 493 g/mol. The van der Waals surface area contributed by atoms with Gasteiger partial charge in [-0.1, -0.05) is 29.8 Å². The Morgan fingerprint density at radius 3 is 2.80 bits per heavy atom. The molecule has 8 heteroatoms. The predicted octanol–water partition coefficient (Wildman–Crippen LogP) is 3.28. The van der Waals surface area contributed by atoms with Gasteiger partial charge < -0.3 is 9.47 Å². The number of halogens is 1. The number of likely N-dealkylation sites (N-methyl/N-ethyl adjacent to an activating group) is 2. The highest BCUT2D eigenvalue weighted by Crippen LogP contribution is 2.40. The number of pyridine rings is 1. The van der Waals surface area contributed by atoms with Gasteiger partial charge in [-0.2, -0.15) is 0 Å². The molecule has 0 N–H and O–H groups in total. The van der Waals surface area contributed by atoms with Gasteiger partial charge in [0, 0.05) is 63.4 Å². The van der Waals surface area contributed by atoms with Gasteiger partial charge in [0.25, 0.3) is 0 Å². The standard InChI is InChI=1S/C27H33ClN6O/c1-31-16-17-34(18-23(31)27(35)32(2)13-5-14-33-15-12-29-19-33)26-24-20(6-3-8-22(24)28)9-10-21-7-4-11-30-25(21)26/h3-4,6-8,11-12,15,19,23,26H,5,9-10,13-14,16-18H2,1-2H3/t23-,26?/m1/s1. The van der Waals surface area contributed by atoms with E-state index >= 15 is 0 Å². The molecule has 2 aliphatic rings.